The number of ether oxygens (including phenoxy) is 3. The average molecular weight is 267 g/mol. The van der Waals surface area contributed by atoms with Crippen LogP contribution < -0.4 is 5.73 Å². The van der Waals surface area contributed by atoms with E-state index in [0.29, 0.717) is 13.2 Å². The first-order valence-corrected chi connectivity index (χ1v) is 6.82. The summed E-state index contributed by atoms with van der Waals surface area (Å²) in [5.41, 5.74) is 7.82. The van der Waals surface area contributed by atoms with Crippen LogP contribution in [-0.2, 0) is 20.6 Å². The van der Waals surface area contributed by atoms with Gasteiger partial charge < -0.3 is 19.9 Å². The molecule has 0 amide bonds. The molecule has 0 unspecified atom stereocenters. The molecule has 1 aromatic carbocycles. The van der Waals surface area contributed by atoms with Crippen LogP contribution in [0, 0.1) is 0 Å². The van der Waals surface area contributed by atoms with Crippen LogP contribution in [-0.4, -0.2) is 40.1 Å². The van der Waals surface area contributed by atoms with Gasteiger partial charge in [-0.05, 0) is 37.0 Å². The van der Waals surface area contributed by atoms with Crippen LogP contribution in [0.5, 0.6) is 0 Å². The third kappa shape index (κ3) is 8.59. The van der Waals surface area contributed by atoms with E-state index in [9.17, 15) is 0 Å². The minimum absolute atomic E-state index is 0.654. The highest BCUT2D eigenvalue weighted by molar-refractivity contribution is 5.40. The molecule has 0 saturated heterocycles. The van der Waals surface area contributed by atoms with Crippen molar-refractivity contribution in [3.8, 4) is 0 Å². The summed E-state index contributed by atoms with van der Waals surface area (Å²) >= 11 is 0. The first kappa shape index (κ1) is 16.0. The number of methoxy groups -OCH3 is 1. The number of rotatable bonds is 11. The van der Waals surface area contributed by atoms with Gasteiger partial charge in [0.05, 0.1) is 13.2 Å². The van der Waals surface area contributed by atoms with Crippen molar-refractivity contribution in [1.82, 2.24) is 0 Å². The zero-order chi connectivity index (χ0) is 13.8. The number of hydrogen-bond donors (Lipinski definition) is 1. The van der Waals surface area contributed by atoms with Gasteiger partial charge in [0.1, 0.15) is 0 Å². The zero-order valence-electron chi connectivity index (χ0n) is 11.8. The Morgan fingerprint density at radius 1 is 0.947 bits per heavy atom. The number of hydrogen-bond acceptors (Lipinski definition) is 4. The highest BCUT2D eigenvalue weighted by Crippen LogP contribution is 2.08. The molecule has 0 bridgehead atoms. The molecule has 108 valence electrons. The lowest BCUT2D eigenvalue weighted by Crippen LogP contribution is -2.06. The Morgan fingerprint density at radius 2 is 1.68 bits per heavy atom. The summed E-state index contributed by atoms with van der Waals surface area (Å²) in [7, 11) is 1.67. The average Bonchev–Trinajstić information content (AvgIpc) is 2.41. The fraction of sp³-hybridized carbons (Fsp3) is 0.600. The van der Waals surface area contributed by atoms with Gasteiger partial charge in [0.2, 0.25) is 0 Å². The first-order chi connectivity index (χ1) is 9.33. The normalized spacial score (nSPS) is 10.8. The summed E-state index contributed by atoms with van der Waals surface area (Å²) < 4.78 is 15.8. The van der Waals surface area contributed by atoms with Crippen molar-refractivity contribution in [3.63, 3.8) is 0 Å². The predicted molar refractivity (Wildman–Crippen MR) is 77.3 cm³/mol. The number of aryl methyl sites for hydroxylation is 1. The third-order valence-corrected chi connectivity index (χ3v) is 2.71. The quantitative estimate of drug-likeness (QED) is 0.493. The van der Waals surface area contributed by atoms with Gasteiger partial charge >= 0.3 is 0 Å². The molecule has 0 radical (unpaired) electrons. The van der Waals surface area contributed by atoms with Crippen LogP contribution in [0.3, 0.4) is 0 Å². The van der Waals surface area contributed by atoms with Gasteiger partial charge in [-0.25, -0.2) is 0 Å². The molecule has 0 heterocycles. The van der Waals surface area contributed by atoms with E-state index in [1.807, 2.05) is 18.2 Å². The molecule has 0 spiro atoms. The Kier molecular flexibility index (Phi) is 9.06. The number of benzene rings is 1. The minimum Gasteiger partial charge on any atom is -0.399 e. The number of nitrogen functional groups attached to an aromatic ring is 1. The molecule has 0 aliphatic carbocycles. The van der Waals surface area contributed by atoms with Crippen LogP contribution in [0.15, 0.2) is 24.3 Å². The maximum Gasteiger partial charge on any atom is 0.0700 e. The highest BCUT2D eigenvalue weighted by atomic mass is 16.5. The second-order valence-corrected chi connectivity index (χ2v) is 4.42. The summed E-state index contributed by atoms with van der Waals surface area (Å²) in [6.07, 6.45) is 2.96. The van der Waals surface area contributed by atoms with Crippen molar-refractivity contribution in [1.29, 1.82) is 0 Å². The predicted octanol–water partition coefficient (Wildman–Crippen LogP) is 2.27. The standard InChI is InChI=1S/C15H25NO3/c1-17-11-12-19-10-4-9-18-8-3-6-14-5-2-7-15(16)13-14/h2,5,7,13H,3-4,6,8-12,16H2,1H3. The molecular formula is C15H25NO3. The Morgan fingerprint density at radius 3 is 2.42 bits per heavy atom. The number of nitrogens with two attached hydrogens (primary N) is 1. The fourth-order valence-electron chi connectivity index (χ4n) is 1.74. The lowest BCUT2D eigenvalue weighted by atomic mass is 10.1. The van der Waals surface area contributed by atoms with E-state index < -0.39 is 0 Å². The molecule has 2 N–H and O–H groups in total. The second-order valence-electron chi connectivity index (χ2n) is 4.42. The van der Waals surface area contributed by atoms with Gasteiger partial charge in [-0.3, -0.25) is 0 Å². The lowest BCUT2D eigenvalue weighted by Gasteiger charge is -2.06. The lowest BCUT2D eigenvalue weighted by molar-refractivity contribution is 0.0511. The van der Waals surface area contributed by atoms with Crippen molar-refractivity contribution in [2.24, 2.45) is 0 Å². The van der Waals surface area contributed by atoms with Crippen LogP contribution in [0.4, 0.5) is 5.69 Å². The van der Waals surface area contributed by atoms with Gasteiger partial charge in [0.15, 0.2) is 0 Å². The smallest absolute Gasteiger partial charge is 0.0700 e. The monoisotopic (exact) mass is 267 g/mol. The highest BCUT2D eigenvalue weighted by Gasteiger charge is 1.95. The molecule has 1 aromatic rings. The Hall–Kier alpha value is -1.10. The van der Waals surface area contributed by atoms with Crippen molar-refractivity contribution < 1.29 is 14.2 Å². The third-order valence-electron chi connectivity index (χ3n) is 2.71. The van der Waals surface area contributed by atoms with E-state index in [-0.39, 0.29) is 0 Å². The molecular weight excluding hydrogens is 242 g/mol. The maximum atomic E-state index is 5.72. The van der Waals surface area contributed by atoms with Gasteiger partial charge in [-0.1, -0.05) is 12.1 Å². The molecule has 0 atom stereocenters. The van der Waals surface area contributed by atoms with E-state index in [2.05, 4.69) is 6.07 Å². The Bertz CT molecular complexity index is 331. The van der Waals surface area contributed by atoms with E-state index in [1.54, 1.807) is 7.11 Å². The van der Waals surface area contributed by atoms with Crippen LogP contribution in [0.1, 0.15) is 18.4 Å². The molecule has 0 fully saturated rings. The molecule has 0 saturated carbocycles. The van der Waals surface area contributed by atoms with Crippen LogP contribution in [0.2, 0.25) is 0 Å². The largest absolute Gasteiger partial charge is 0.399 e. The van der Waals surface area contributed by atoms with E-state index in [1.165, 1.54) is 5.56 Å². The molecule has 1 rings (SSSR count). The second kappa shape index (κ2) is 10.8. The molecule has 19 heavy (non-hydrogen) atoms. The molecule has 4 heteroatoms. The SMILES string of the molecule is COCCOCCCOCCCc1cccc(N)c1. The zero-order valence-corrected chi connectivity index (χ0v) is 11.8. The summed E-state index contributed by atoms with van der Waals surface area (Å²) in [5.74, 6) is 0. The van der Waals surface area contributed by atoms with Gasteiger partial charge in [0.25, 0.3) is 0 Å². The molecule has 0 aliphatic rings. The van der Waals surface area contributed by atoms with Crippen molar-refractivity contribution >= 4 is 5.69 Å². The van der Waals surface area contributed by atoms with Crippen LogP contribution >= 0.6 is 0 Å². The van der Waals surface area contributed by atoms with Crippen LogP contribution in [0.25, 0.3) is 0 Å². The van der Waals surface area contributed by atoms with Gasteiger partial charge in [-0.15, -0.1) is 0 Å². The first-order valence-electron chi connectivity index (χ1n) is 6.82. The molecule has 0 aliphatic heterocycles. The summed E-state index contributed by atoms with van der Waals surface area (Å²) in [4.78, 5) is 0. The summed E-state index contributed by atoms with van der Waals surface area (Å²) in [6.45, 7) is 3.59. The maximum absolute atomic E-state index is 5.72. The van der Waals surface area contributed by atoms with Crippen molar-refractivity contribution in [2.45, 2.75) is 19.3 Å². The summed E-state index contributed by atoms with van der Waals surface area (Å²) in [6, 6.07) is 8.01. The van der Waals surface area contributed by atoms with E-state index in [4.69, 9.17) is 19.9 Å². The summed E-state index contributed by atoms with van der Waals surface area (Å²) in [5, 5.41) is 0. The molecule has 4 nitrogen and oxygen atoms in total. The van der Waals surface area contributed by atoms with E-state index >= 15 is 0 Å². The Balaban J connectivity index is 1.89. The Labute approximate surface area is 115 Å². The fourth-order valence-corrected chi connectivity index (χ4v) is 1.74. The van der Waals surface area contributed by atoms with Gasteiger partial charge in [-0.2, -0.15) is 0 Å². The van der Waals surface area contributed by atoms with E-state index in [0.717, 1.165) is 44.8 Å². The number of anilines is 1. The van der Waals surface area contributed by atoms with Crippen molar-refractivity contribution in [2.75, 3.05) is 45.9 Å². The van der Waals surface area contributed by atoms with Gasteiger partial charge in [0, 0.05) is 32.6 Å². The topological polar surface area (TPSA) is 53.7 Å². The minimum atomic E-state index is 0.654. The molecule has 0 aromatic heterocycles. The van der Waals surface area contributed by atoms with Crippen molar-refractivity contribution in [3.05, 3.63) is 29.8 Å².